The Morgan fingerprint density at radius 2 is 1.54 bits per heavy atom. The Kier molecular flexibility index (Phi) is 16.5. The minimum atomic E-state index is -1.05. The van der Waals surface area contributed by atoms with Crippen LogP contribution in [0.1, 0.15) is 109 Å². The van der Waals surface area contributed by atoms with Crippen molar-refractivity contribution in [1.29, 1.82) is 0 Å². The number of ether oxygens (including phenoxy) is 1. The molecule has 6 amide bonds. The number of unbranched alkanes of at least 4 members (excludes halogenated alkanes) is 1. The van der Waals surface area contributed by atoms with Crippen LogP contribution in [0.15, 0.2) is 12.7 Å². The summed E-state index contributed by atoms with van der Waals surface area (Å²) < 4.78 is 5.49. The number of rotatable bonds is 15. The molecule has 4 N–H and O–H groups in total. The number of amides is 6. The van der Waals surface area contributed by atoms with Crippen molar-refractivity contribution in [3.8, 4) is 0 Å². The third kappa shape index (κ3) is 13.6. The number of carbonyl (C=O) groups excluding carboxylic acids is 6. The maximum Gasteiger partial charge on any atom is 0.410 e. The molecule has 286 valence electrons. The van der Waals surface area contributed by atoms with Gasteiger partial charge in [0.1, 0.15) is 17.7 Å². The number of hydrogen-bond donors (Lipinski definition) is 4. The molecule has 0 aliphatic carbocycles. The Bertz CT molecular complexity index is 1210. The normalized spacial score (nSPS) is 18.4. The van der Waals surface area contributed by atoms with Gasteiger partial charge in [-0.25, -0.2) is 9.59 Å². The number of likely N-dealkylation sites (tertiary alicyclic amines) is 1. The fourth-order valence-corrected chi connectivity index (χ4v) is 5.81. The average molecular weight is 707 g/mol. The van der Waals surface area contributed by atoms with Gasteiger partial charge >= 0.3 is 12.1 Å². The lowest BCUT2D eigenvalue weighted by Crippen LogP contribution is -2.62. The summed E-state index contributed by atoms with van der Waals surface area (Å²) in [6.45, 7) is 26.7. The van der Waals surface area contributed by atoms with Gasteiger partial charge in [-0.1, -0.05) is 81.2 Å². The Labute approximate surface area is 300 Å². The third-order valence-electron chi connectivity index (χ3n) is 8.86. The van der Waals surface area contributed by atoms with Crippen LogP contribution in [0.4, 0.5) is 9.59 Å². The molecule has 0 saturated carbocycles. The molecule has 1 aliphatic rings. The third-order valence-corrected chi connectivity index (χ3v) is 8.86. The van der Waals surface area contributed by atoms with Gasteiger partial charge in [-0.15, -0.1) is 6.58 Å². The molecule has 0 aromatic heterocycles. The molecular formula is C37H66N6O7. The molecule has 1 aliphatic heterocycles. The number of carbonyl (C=O) groups is 6. The Balaban J connectivity index is 3.34. The summed E-state index contributed by atoms with van der Waals surface area (Å²) in [4.78, 5) is 83.3. The molecule has 0 aromatic rings. The quantitative estimate of drug-likeness (QED) is 0.145. The predicted molar refractivity (Wildman–Crippen MR) is 195 cm³/mol. The summed E-state index contributed by atoms with van der Waals surface area (Å²) in [6.07, 6.45) is 3.14. The molecule has 0 spiro atoms. The zero-order valence-electron chi connectivity index (χ0n) is 33.0. The van der Waals surface area contributed by atoms with Gasteiger partial charge in [0.05, 0.1) is 12.1 Å². The summed E-state index contributed by atoms with van der Waals surface area (Å²) in [5.41, 5.74) is -1.90. The smallest absolute Gasteiger partial charge is 0.410 e. The first kappa shape index (κ1) is 44.4. The van der Waals surface area contributed by atoms with Crippen molar-refractivity contribution in [2.45, 2.75) is 139 Å². The first-order valence-electron chi connectivity index (χ1n) is 17.9. The Morgan fingerprint density at radius 3 is 2.02 bits per heavy atom. The van der Waals surface area contributed by atoms with Gasteiger partial charge in [0.15, 0.2) is 0 Å². The molecule has 13 nitrogen and oxygen atoms in total. The minimum Gasteiger partial charge on any atom is -0.444 e. The van der Waals surface area contributed by atoms with Gasteiger partial charge in [0.2, 0.25) is 17.6 Å². The van der Waals surface area contributed by atoms with Gasteiger partial charge in [-0.05, 0) is 56.3 Å². The molecule has 50 heavy (non-hydrogen) atoms. The maximum absolute atomic E-state index is 14.4. The van der Waals surface area contributed by atoms with Crippen LogP contribution in [0.2, 0.25) is 0 Å². The van der Waals surface area contributed by atoms with Gasteiger partial charge in [-0.3, -0.25) is 19.2 Å². The summed E-state index contributed by atoms with van der Waals surface area (Å²) in [6, 6.07) is -4.07. The number of hydrogen-bond acceptors (Lipinski definition) is 7. The zero-order valence-corrected chi connectivity index (χ0v) is 33.0. The molecule has 5 atom stereocenters. The van der Waals surface area contributed by atoms with Crippen LogP contribution in [-0.2, 0) is 23.9 Å². The fraction of sp³-hybridized carbons (Fsp3) is 0.784. The lowest BCUT2D eigenvalue weighted by molar-refractivity contribution is -0.144. The highest BCUT2D eigenvalue weighted by atomic mass is 16.6. The van der Waals surface area contributed by atoms with Crippen LogP contribution in [0.25, 0.3) is 0 Å². The number of Topliss-reactive ketones (excluding diaryl/α,β-unsaturated/α-hetero) is 1. The van der Waals surface area contributed by atoms with E-state index in [0.717, 1.165) is 6.42 Å². The molecule has 1 unspecified atom stereocenters. The van der Waals surface area contributed by atoms with Crippen molar-refractivity contribution in [3.63, 3.8) is 0 Å². The SMILES string of the molecule is C=CCNC(=O)C(=O)C(CCCC)NC(=O)[C@@H]1[C@@H](C(C)C)CCN1C(=O)[C@@H](NC(=O)N[C@H](CN(C)C(=O)OC(C)(C)C)C(C)(C)C)C(C)(C)C. The van der Waals surface area contributed by atoms with E-state index in [1.807, 2.05) is 62.3 Å². The second-order valence-corrected chi connectivity index (χ2v) is 16.9. The molecule has 0 aromatic carbocycles. The van der Waals surface area contributed by atoms with E-state index in [-0.39, 0.29) is 37.9 Å². The summed E-state index contributed by atoms with van der Waals surface area (Å²) in [7, 11) is 1.60. The van der Waals surface area contributed by atoms with E-state index in [2.05, 4.69) is 27.8 Å². The second kappa shape index (κ2) is 18.6. The van der Waals surface area contributed by atoms with Crippen molar-refractivity contribution in [1.82, 2.24) is 31.1 Å². The first-order chi connectivity index (χ1) is 22.8. The number of ketones is 1. The van der Waals surface area contributed by atoms with Gasteiger partial charge < -0.3 is 35.8 Å². The summed E-state index contributed by atoms with van der Waals surface area (Å²) in [5.74, 6) is -2.66. The second-order valence-electron chi connectivity index (χ2n) is 16.9. The monoisotopic (exact) mass is 706 g/mol. The van der Waals surface area contributed by atoms with Crippen molar-refractivity contribution in [2.24, 2.45) is 22.7 Å². The maximum atomic E-state index is 14.4. The molecule has 1 heterocycles. The van der Waals surface area contributed by atoms with Gasteiger partial charge in [0.25, 0.3) is 5.91 Å². The average Bonchev–Trinajstić information content (AvgIpc) is 3.43. The number of urea groups is 1. The van der Waals surface area contributed by atoms with Gasteiger partial charge in [-0.2, -0.15) is 0 Å². The van der Waals surface area contributed by atoms with E-state index in [1.54, 1.807) is 27.8 Å². The number of nitrogens with one attached hydrogen (secondary N) is 4. The van der Waals surface area contributed by atoms with E-state index >= 15 is 0 Å². The van der Waals surface area contributed by atoms with Crippen molar-refractivity contribution < 1.29 is 33.5 Å². The highest BCUT2D eigenvalue weighted by Crippen LogP contribution is 2.33. The van der Waals surface area contributed by atoms with Crippen molar-refractivity contribution in [2.75, 3.05) is 26.7 Å². The summed E-state index contributed by atoms with van der Waals surface area (Å²) in [5, 5.41) is 11.1. The first-order valence-corrected chi connectivity index (χ1v) is 17.9. The molecule has 1 fully saturated rings. The van der Waals surface area contributed by atoms with Crippen LogP contribution in [0.3, 0.4) is 0 Å². The minimum absolute atomic E-state index is 0.0306. The number of likely N-dealkylation sites (N-methyl/N-ethyl adjacent to an activating group) is 1. The Morgan fingerprint density at radius 1 is 0.940 bits per heavy atom. The molecule has 0 bridgehead atoms. The highest BCUT2D eigenvalue weighted by molar-refractivity contribution is 6.38. The van der Waals surface area contributed by atoms with Crippen molar-refractivity contribution >= 4 is 35.6 Å². The van der Waals surface area contributed by atoms with E-state index in [0.29, 0.717) is 12.8 Å². The lowest BCUT2D eigenvalue weighted by atomic mass is 9.84. The standard InChI is InChI=1S/C37H66N6O7/c1-15-17-18-25(28(44)31(46)38-20-16-2)39-30(45)27-24(23(3)4)19-21-43(27)32(47)29(36(8,9)10)41-33(48)40-26(35(5,6)7)22-42(14)34(49)50-37(11,12)13/h16,23-27,29H,2,15,17-22H2,1,3-14H3,(H,38,46)(H,39,45)(H2,40,41,48)/t24-,25?,26-,27+,29-/m1/s1. The van der Waals surface area contributed by atoms with Crippen LogP contribution in [0, 0.1) is 22.7 Å². The summed E-state index contributed by atoms with van der Waals surface area (Å²) >= 11 is 0. The predicted octanol–water partition coefficient (Wildman–Crippen LogP) is 4.40. The van der Waals surface area contributed by atoms with Crippen LogP contribution in [0.5, 0.6) is 0 Å². The van der Waals surface area contributed by atoms with Crippen LogP contribution >= 0.6 is 0 Å². The number of nitrogens with zero attached hydrogens (tertiary/aromatic N) is 2. The van der Waals surface area contributed by atoms with E-state index in [9.17, 15) is 28.8 Å². The fourth-order valence-electron chi connectivity index (χ4n) is 5.81. The Hall–Kier alpha value is -3.64. The topological polar surface area (TPSA) is 166 Å². The molecule has 0 radical (unpaired) electrons. The highest BCUT2D eigenvalue weighted by Gasteiger charge is 2.48. The molecular weight excluding hydrogens is 640 g/mol. The van der Waals surface area contributed by atoms with Crippen LogP contribution < -0.4 is 21.3 Å². The van der Waals surface area contributed by atoms with Crippen molar-refractivity contribution in [3.05, 3.63) is 12.7 Å². The molecule has 1 saturated heterocycles. The van der Waals surface area contributed by atoms with E-state index < -0.39 is 76.2 Å². The molecule has 1 rings (SSSR count). The molecule has 13 heteroatoms. The largest absolute Gasteiger partial charge is 0.444 e. The zero-order chi connectivity index (χ0) is 38.8. The van der Waals surface area contributed by atoms with E-state index in [1.165, 1.54) is 15.9 Å². The van der Waals surface area contributed by atoms with Crippen LogP contribution in [-0.4, -0.2) is 102 Å². The van der Waals surface area contributed by atoms with Gasteiger partial charge in [0, 0.05) is 26.7 Å². The van der Waals surface area contributed by atoms with E-state index in [4.69, 9.17) is 4.74 Å². The lowest BCUT2D eigenvalue weighted by Gasteiger charge is -2.38.